The number of rotatable bonds is 10. The second kappa shape index (κ2) is 10.1. The molecule has 2 aromatic rings. The van der Waals surface area contributed by atoms with E-state index in [1.165, 1.54) is 0 Å². The second-order valence-electron chi connectivity index (χ2n) is 5.43. The van der Waals surface area contributed by atoms with E-state index < -0.39 is 12.6 Å². The molecule has 2 atom stereocenters. The van der Waals surface area contributed by atoms with Crippen molar-refractivity contribution in [3.05, 3.63) is 71.8 Å². The molecule has 0 spiro atoms. The van der Waals surface area contributed by atoms with Crippen LogP contribution in [0.2, 0.25) is 0 Å². The average molecular weight is 316 g/mol. The van der Waals surface area contributed by atoms with Crippen LogP contribution in [0.5, 0.6) is 0 Å². The van der Waals surface area contributed by atoms with E-state index in [0.29, 0.717) is 32.5 Å². The number of aliphatic hydroxyl groups excluding tert-OH is 2. The Hall–Kier alpha value is -1.72. The highest BCUT2D eigenvalue weighted by atomic mass is 16.6. The van der Waals surface area contributed by atoms with Gasteiger partial charge in [0, 0.05) is 0 Å². The Bertz CT molecular complexity index is 480. The van der Waals surface area contributed by atoms with E-state index in [1.807, 2.05) is 60.7 Å². The van der Waals surface area contributed by atoms with Gasteiger partial charge in [-0.25, -0.2) is 0 Å². The van der Waals surface area contributed by atoms with E-state index in [1.54, 1.807) is 0 Å². The number of benzene rings is 2. The fraction of sp³-hybridized carbons (Fsp3) is 0.368. The van der Waals surface area contributed by atoms with Gasteiger partial charge in [0.25, 0.3) is 0 Å². The van der Waals surface area contributed by atoms with Crippen LogP contribution in [0.1, 0.15) is 30.4 Å². The monoisotopic (exact) mass is 316 g/mol. The van der Waals surface area contributed by atoms with Crippen LogP contribution in [0.15, 0.2) is 60.7 Å². The minimum atomic E-state index is -0.823. The molecule has 2 aromatic carbocycles. The zero-order valence-corrected chi connectivity index (χ0v) is 13.2. The summed E-state index contributed by atoms with van der Waals surface area (Å²) in [5, 5.41) is 19.6. The standard InChI is InChI=1S/C19H24O4/c20-18(22-14-16-8-3-1-4-9-16)12-7-13-19(21)23-15-17-10-5-2-6-11-17/h1-6,8-11,18-21H,7,12-15H2. The quantitative estimate of drug-likeness (QED) is 0.661. The Morgan fingerprint density at radius 1 is 0.652 bits per heavy atom. The first kappa shape index (κ1) is 17.6. The molecule has 2 N–H and O–H groups in total. The van der Waals surface area contributed by atoms with Crippen LogP contribution >= 0.6 is 0 Å². The van der Waals surface area contributed by atoms with Crippen LogP contribution in [0.4, 0.5) is 0 Å². The molecule has 2 rings (SSSR count). The van der Waals surface area contributed by atoms with Crippen LogP contribution in [-0.2, 0) is 22.7 Å². The minimum absolute atomic E-state index is 0.384. The highest BCUT2D eigenvalue weighted by molar-refractivity contribution is 5.14. The summed E-state index contributed by atoms with van der Waals surface area (Å²) in [7, 11) is 0. The molecule has 0 aliphatic carbocycles. The predicted molar refractivity (Wildman–Crippen MR) is 88.3 cm³/mol. The van der Waals surface area contributed by atoms with Gasteiger partial charge in [-0.15, -0.1) is 0 Å². The lowest BCUT2D eigenvalue weighted by Crippen LogP contribution is -2.15. The van der Waals surface area contributed by atoms with Gasteiger partial charge < -0.3 is 19.7 Å². The van der Waals surface area contributed by atoms with E-state index in [4.69, 9.17) is 9.47 Å². The van der Waals surface area contributed by atoms with E-state index >= 15 is 0 Å². The van der Waals surface area contributed by atoms with Crippen molar-refractivity contribution in [2.45, 2.75) is 45.1 Å². The highest BCUT2D eigenvalue weighted by Gasteiger charge is 2.08. The molecule has 0 bridgehead atoms. The van der Waals surface area contributed by atoms with Gasteiger partial charge in [0.15, 0.2) is 12.6 Å². The van der Waals surface area contributed by atoms with Crippen LogP contribution in [-0.4, -0.2) is 22.8 Å². The molecule has 0 heterocycles. The number of hydrogen-bond acceptors (Lipinski definition) is 4. The maximum Gasteiger partial charge on any atom is 0.154 e. The van der Waals surface area contributed by atoms with Gasteiger partial charge in [0.05, 0.1) is 13.2 Å². The van der Waals surface area contributed by atoms with Crippen molar-refractivity contribution in [2.24, 2.45) is 0 Å². The molecule has 0 aliphatic heterocycles. The molecule has 4 heteroatoms. The molecule has 23 heavy (non-hydrogen) atoms. The number of ether oxygens (including phenoxy) is 2. The fourth-order valence-corrected chi connectivity index (χ4v) is 2.17. The second-order valence-corrected chi connectivity index (χ2v) is 5.43. The van der Waals surface area contributed by atoms with Crippen molar-refractivity contribution in [1.82, 2.24) is 0 Å². The van der Waals surface area contributed by atoms with Crippen LogP contribution in [0, 0.1) is 0 Å². The zero-order chi connectivity index (χ0) is 16.3. The third kappa shape index (κ3) is 7.39. The minimum Gasteiger partial charge on any atom is -0.368 e. The van der Waals surface area contributed by atoms with Crippen LogP contribution in [0.25, 0.3) is 0 Å². The van der Waals surface area contributed by atoms with Gasteiger partial charge in [0.1, 0.15) is 0 Å². The molecule has 0 radical (unpaired) electrons. The van der Waals surface area contributed by atoms with Crippen molar-refractivity contribution < 1.29 is 19.7 Å². The summed E-state index contributed by atoms with van der Waals surface area (Å²) >= 11 is 0. The third-order valence-electron chi connectivity index (χ3n) is 3.47. The molecule has 0 saturated heterocycles. The maximum absolute atomic E-state index is 9.79. The van der Waals surface area contributed by atoms with Crippen molar-refractivity contribution in [1.29, 1.82) is 0 Å². The lowest BCUT2D eigenvalue weighted by molar-refractivity contribution is -0.129. The summed E-state index contributed by atoms with van der Waals surface area (Å²) in [6.45, 7) is 0.768. The summed E-state index contributed by atoms with van der Waals surface area (Å²) in [6, 6.07) is 19.4. The zero-order valence-electron chi connectivity index (χ0n) is 13.2. The molecule has 0 fully saturated rings. The summed E-state index contributed by atoms with van der Waals surface area (Å²) < 4.78 is 10.7. The highest BCUT2D eigenvalue weighted by Crippen LogP contribution is 2.10. The average Bonchev–Trinajstić information content (AvgIpc) is 2.60. The molecular formula is C19H24O4. The first-order valence-electron chi connectivity index (χ1n) is 7.91. The van der Waals surface area contributed by atoms with Crippen molar-refractivity contribution in [3.8, 4) is 0 Å². The molecule has 0 aliphatic rings. The molecule has 124 valence electrons. The third-order valence-corrected chi connectivity index (χ3v) is 3.47. The Labute approximate surface area is 137 Å². The van der Waals surface area contributed by atoms with Crippen molar-refractivity contribution in [3.63, 3.8) is 0 Å². The van der Waals surface area contributed by atoms with Crippen molar-refractivity contribution >= 4 is 0 Å². The van der Waals surface area contributed by atoms with Crippen molar-refractivity contribution in [2.75, 3.05) is 0 Å². The number of hydrogen-bond donors (Lipinski definition) is 2. The summed E-state index contributed by atoms with van der Waals surface area (Å²) in [5.74, 6) is 0. The normalized spacial score (nSPS) is 13.7. The molecule has 2 unspecified atom stereocenters. The Kier molecular flexibility index (Phi) is 7.77. The van der Waals surface area contributed by atoms with E-state index in [-0.39, 0.29) is 0 Å². The SMILES string of the molecule is OC(CCCC(O)OCc1ccccc1)OCc1ccccc1. The largest absolute Gasteiger partial charge is 0.368 e. The van der Waals surface area contributed by atoms with Gasteiger partial charge in [-0.3, -0.25) is 0 Å². The fourth-order valence-electron chi connectivity index (χ4n) is 2.17. The van der Waals surface area contributed by atoms with Crippen LogP contribution in [0.3, 0.4) is 0 Å². The molecule has 4 nitrogen and oxygen atoms in total. The number of aliphatic hydroxyl groups is 2. The van der Waals surface area contributed by atoms with Gasteiger partial charge in [-0.1, -0.05) is 60.7 Å². The van der Waals surface area contributed by atoms with E-state index in [9.17, 15) is 10.2 Å². The lowest BCUT2D eigenvalue weighted by atomic mass is 10.2. The Balaban J connectivity index is 1.55. The Morgan fingerprint density at radius 2 is 1.04 bits per heavy atom. The molecule has 0 saturated carbocycles. The van der Waals surface area contributed by atoms with E-state index in [2.05, 4.69) is 0 Å². The maximum atomic E-state index is 9.79. The molecular weight excluding hydrogens is 292 g/mol. The molecule has 0 aromatic heterocycles. The summed E-state index contributed by atoms with van der Waals surface area (Å²) in [6.07, 6.45) is -0.0728. The first-order valence-corrected chi connectivity index (χ1v) is 7.91. The van der Waals surface area contributed by atoms with E-state index in [0.717, 1.165) is 11.1 Å². The van der Waals surface area contributed by atoms with Gasteiger partial charge in [-0.05, 0) is 30.4 Å². The Morgan fingerprint density at radius 3 is 1.43 bits per heavy atom. The predicted octanol–water partition coefficient (Wildman–Crippen LogP) is 3.23. The summed E-state index contributed by atoms with van der Waals surface area (Å²) in [4.78, 5) is 0. The molecule has 0 amide bonds. The van der Waals surface area contributed by atoms with Gasteiger partial charge >= 0.3 is 0 Å². The smallest absolute Gasteiger partial charge is 0.154 e. The van der Waals surface area contributed by atoms with Crippen LogP contribution < -0.4 is 0 Å². The topological polar surface area (TPSA) is 58.9 Å². The van der Waals surface area contributed by atoms with Gasteiger partial charge in [-0.2, -0.15) is 0 Å². The lowest BCUT2D eigenvalue weighted by Gasteiger charge is -2.15. The first-order chi connectivity index (χ1) is 11.2. The summed E-state index contributed by atoms with van der Waals surface area (Å²) in [5.41, 5.74) is 2.05. The van der Waals surface area contributed by atoms with Gasteiger partial charge in [0.2, 0.25) is 0 Å².